The summed E-state index contributed by atoms with van der Waals surface area (Å²) in [5.41, 5.74) is 0.282. The molecule has 0 bridgehead atoms. The summed E-state index contributed by atoms with van der Waals surface area (Å²) in [6, 6.07) is 11.9. The molecule has 12 heteroatoms. The Morgan fingerprint density at radius 1 is 0.750 bits per heavy atom. The average Bonchev–Trinajstić information content (AvgIpc) is 2.69. The fourth-order valence-corrected chi connectivity index (χ4v) is 16.1. The summed E-state index contributed by atoms with van der Waals surface area (Å²) in [7, 11) is -5.82. The molecule has 0 amide bonds. The smallest absolute Gasteiger partial charge is 0.494 e. The second kappa shape index (κ2) is 11.9. The van der Waals surface area contributed by atoms with Gasteiger partial charge in [-0.15, -0.1) is 13.2 Å². The van der Waals surface area contributed by atoms with E-state index in [0.717, 1.165) is 24.6 Å². The predicted molar refractivity (Wildman–Crippen MR) is 140 cm³/mol. The van der Waals surface area contributed by atoms with Crippen molar-refractivity contribution in [2.75, 3.05) is 6.61 Å². The van der Waals surface area contributed by atoms with Crippen LogP contribution in [0.2, 0.25) is 51.9 Å². The van der Waals surface area contributed by atoms with Crippen molar-refractivity contribution in [2.45, 2.75) is 64.7 Å². The molecule has 0 aliphatic carbocycles. The number of carbonyl (C=O) groups is 1. The standard InChI is InChI=1S/C24H35F3O6Si3/c1-34(2,3)32-36(7,33-35(4,5)6)18-8-17-29-20-11-9-19(10-12-20)23(28)30-21-13-15-22(16-14-21)31-24(25,26)27/h9-16H,8,17-18H2,1-7H3. The van der Waals surface area contributed by atoms with Crippen LogP contribution in [0, 0.1) is 0 Å². The van der Waals surface area contributed by atoms with E-state index >= 15 is 0 Å². The molecule has 2 rings (SSSR count). The number of alkyl halides is 3. The van der Waals surface area contributed by atoms with Crippen LogP contribution in [0.1, 0.15) is 16.8 Å². The van der Waals surface area contributed by atoms with Gasteiger partial charge in [-0.1, -0.05) is 0 Å². The van der Waals surface area contributed by atoms with E-state index in [1.807, 2.05) is 0 Å². The van der Waals surface area contributed by atoms with Gasteiger partial charge in [0.05, 0.1) is 12.2 Å². The molecule has 2 aromatic rings. The van der Waals surface area contributed by atoms with Crippen LogP contribution in [0.5, 0.6) is 17.2 Å². The third-order valence-corrected chi connectivity index (χ3v) is 14.1. The molecule has 2 aromatic carbocycles. The number of carbonyl (C=O) groups excluding carboxylic acids is 1. The summed E-state index contributed by atoms with van der Waals surface area (Å²) < 4.78 is 64.6. The summed E-state index contributed by atoms with van der Waals surface area (Å²) >= 11 is 0. The zero-order valence-corrected chi connectivity index (χ0v) is 24.8. The first-order valence-corrected chi connectivity index (χ1v) is 21.0. The average molecular weight is 561 g/mol. The highest BCUT2D eigenvalue weighted by Crippen LogP contribution is 2.27. The molecule has 0 radical (unpaired) electrons. The Balaban J connectivity index is 1.87. The van der Waals surface area contributed by atoms with Crippen molar-refractivity contribution < 1.29 is 40.4 Å². The van der Waals surface area contributed by atoms with Gasteiger partial charge in [-0.25, -0.2) is 4.79 Å². The first-order valence-electron chi connectivity index (χ1n) is 11.6. The van der Waals surface area contributed by atoms with Gasteiger partial charge >= 0.3 is 20.9 Å². The summed E-state index contributed by atoms with van der Waals surface area (Å²) in [4.78, 5) is 12.3. The van der Waals surface area contributed by atoms with E-state index in [-0.39, 0.29) is 11.3 Å². The van der Waals surface area contributed by atoms with Crippen molar-refractivity contribution in [3.63, 3.8) is 0 Å². The topological polar surface area (TPSA) is 63.2 Å². The number of benzene rings is 2. The highest BCUT2D eigenvalue weighted by Gasteiger charge is 2.39. The normalized spacial score (nSPS) is 12.8. The third-order valence-electron chi connectivity index (χ3n) is 4.45. The van der Waals surface area contributed by atoms with Crippen LogP contribution in [0.25, 0.3) is 0 Å². The van der Waals surface area contributed by atoms with Gasteiger partial charge in [-0.3, -0.25) is 0 Å². The number of hydrogen-bond donors (Lipinski definition) is 0. The summed E-state index contributed by atoms with van der Waals surface area (Å²) in [5, 5.41) is 0. The van der Waals surface area contributed by atoms with Crippen molar-refractivity contribution in [1.29, 1.82) is 0 Å². The second-order valence-corrected chi connectivity index (χ2v) is 23.3. The molecule has 0 saturated carbocycles. The SMILES string of the molecule is C[Si](C)(C)O[Si](C)(CCCOc1ccc(C(=O)Oc2ccc(OC(F)(F)F)cc2)cc1)O[Si](C)(C)C. The van der Waals surface area contributed by atoms with E-state index in [2.05, 4.69) is 50.6 Å². The van der Waals surface area contributed by atoms with Crippen LogP contribution in [-0.2, 0) is 8.23 Å². The fourth-order valence-electron chi connectivity index (χ4n) is 3.56. The van der Waals surface area contributed by atoms with Gasteiger partial charge in [0.15, 0.2) is 16.6 Å². The molecule has 6 nitrogen and oxygen atoms in total. The molecular weight excluding hydrogens is 526 g/mol. The number of esters is 1. The highest BCUT2D eigenvalue weighted by atomic mass is 28.5. The van der Waals surface area contributed by atoms with Crippen molar-refractivity contribution in [3.8, 4) is 17.2 Å². The first kappa shape index (κ1) is 30.1. The Morgan fingerprint density at radius 2 is 1.22 bits per heavy atom. The van der Waals surface area contributed by atoms with E-state index in [1.54, 1.807) is 24.3 Å². The number of rotatable bonds is 12. The van der Waals surface area contributed by atoms with E-state index in [0.29, 0.717) is 12.4 Å². The monoisotopic (exact) mass is 560 g/mol. The van der Waals surface area contributed by atoms with Gasteiger partial charge < -0.3 is 22.4 Å². The summed E-state index contributed by atoms with van der Waals surface area (Å²) in [6.45, 7) is 15.7. The Morgan fingerprint density at radius 3 is 1.69 bits per heavy atom. The molecule has 0 saturated heterocycles. The maximum atomic E-state index is 12.3. The van der Waals surface area contributed by atoms with E-state index in [1.165, 1.54) is 12.1 Å². The molecule has 0 N–H and O–H groups in total. The van der Waals surface area contributed by atoms with Gasteiger partial charge in [0, 0.05) is 0 Å². The van der Waals surface area contributed by atoms with Crippen LogP contribution >= 0.6 is 0 Å². The van der Waals surface area contributed by atoms with E-state index in [4.69, 9.17) is 17.7 Å². The van der Waals surface area contributed by atoms with Gasteiger partial charge in [0.25, 0.3) is 0 Å². The van der Waals surface area contributed by atoms with E-state index < -0.39 is 43.3 Å². The minimum atomic E-state index is -4.78. The fraction of sp³-hybridized carbons (Fsp3) is 0.458. The van der Waals surface area contributed by atoms with Crippen molar-refractivity contribution >= 4 is 31.2 Å². The molecule has 0 spiro atoms. The lowest BCUT2D eigenvalue weighted by atomic mass is 10.2. The molecule has 36 heavy (non-hydrogen) atoms. The molecule has 0 aromatic heterocycles. The predicted octanol–water partition coefficient (Wildman–Crippen LogP) is 7.35. The third kappa shape index (κ3) is 11.7. The maximum absolute atomic E-state index is 12.3. The van der Waals surface area contributed by atoms with Crippen molar-refractivity contribution in [1.82, 2.24) is 0 Å². The Hall–Kier alpha value is -2.13. The number of ether oxygens (including phenoxy) is 3. The van der Waals surface area contributed by atoms with Crippen molar-refractivity contribution in [2.24, 2.45) is 0 Å². The second-order valence-electron chi connectivity index (χ2n) is 10.4. The highest BCUT2D eigenvalue weighted by molar-refractivity contribution is 6.87. The lowest BCUT2D eigenvalue weighted by Gasteiger charge is -2.38. The molecule has 0 fully saturated rings. The summed E-state index contributed by atoms with van der Waals surface area (Å²) in [5.74, 6) is -0.324. The molecule has 0 atom stereocenters. The van der Waals surface area contributed by atoms with Gasteiger partial charge in [0.1, 0.15) is 17.2 Å². The van der Waals surface area contributed by atoms with Crippen LogP contribution in [0.3, 0.4) is 0 Å². The quantitative estimate of drug-likeness (QED) is 0.117. The Labute approximate surface area is 214 Å². The van der Waals surface area contributed by atoms with Crippen LogP contribution in [-0.4, -0.2) is 44.1 Å². The van der Waals surface area contributed by atoms with Crippen LogP contribution in [0.4, 0.5) is 13.2 Å². The Bertz CT molecular complexity index is 969. The molecule has 0 heterocycles. The first-order chi connectivity index (χ1) is 16.4. The largest absolute Gasteiger partial charge is 0.573 e. The molecule has 200 valence electrons. The van der Waals surface area contributed by atoms with Crippen LogP contribution in [0.15, 0.2) is 48.5 Å². The zero-order chi connectivity index (χ0) is 27.2. The Kier molecular flexibility index (Phi) is 9.99. The van der Waals surface area contributed by atoms with Crippen molar-refractivity contribution in [3.05, 3.63) is 54.1 Å². The number of hydrogen-bond acceptors (Lipinski definition) is 6. The summed E-state index contributed by atoms with van der Waals surface area (Å²) in [6.07, 6.45) is -4.00. The van der Waals surface area contributed by atoms with Crippen LogP contribution < -0.4 is 14.2 Å². The lowest BCUT2D eigenvalue weighted by Crippen LogP contribution is -2.52. The van der Waals surface area contributed by atoms with E-state index in [9.17, 15) is 18.0 Å². The molecule has 0 aliphatic heterocycles. The van der Waals surface area contributed by atoms with Gasteiger partial charge in [0.2, 0.25) is 0 Å². The zero-order valence-electron chi connectivity index (χ0n) is 21.8. The minimum Gasteiger partial charge on any atom is -0.494 e. The number of halogens is 3. The van der Waals surface area contributed by atoms with Gasteiger partial charge in [-0.05, 0) is 107 Å². The van der Waals surface area contributed by atoms with Gasteiger partial charge in [-0.2, -0.15) is 0 Å². The molecule has 0 aliphatic rings. The maximum Gasteiger partial charge on any atom is 0.573 e. The molecular formula is C24H35F3O6Si3. The molecule has 0 unspecified atom stereocenters. The minimum absolute atomic E-state index is 0.100. The lowest BCUT2D eigenvalue weighted by molar-refractivity contribution is -0.274.